The molecule has 3 fully saturated rings. The van der Waals surface area contributed by atoms with Crippen molar-refractivity contribution in [3.05, 3.63) is 5.82 Å². The van der Waals surface area contributed by atoms with Crippen LogP contribution in [0.15, 0.2) is 0 Å². The second-order valence-electron chi connectivity index (χ2n) is 6.85. The van der Waals surface area contributed by atoms with Crippen molar-refractivity contribution in [3.8, 4) is 0 Å². The molecule has 0 aromatic carbocycles. The first-order valence-electron chi connectivity index (χ1n) is 8.40. The molecule has 3 aliphatic rings. The Bertz CT molecular complexity index is 672. The van der Waals surface area contributed by atoms with Crippen LogP contribution in [0.25, 0.3) is 0 Å². The summed E-state index contributed by atoms with van der Waals surface area (Å²) >= 11 is 1.41. The standard InChI is InChI=1S/C15H21N5O3S/c1-2-11-17-14(24-18-11)20-5-3-19(4-6-20)13(23)16-10-8-15(12(21)22)7-9(10)15/h9-10H,2-8H2,1H3,(H,16,23)(H,21,22)/t9-,10-,15-/m1/s1. The second kappa shape index (κ2) is 5.58. The monoisotopic (exact) mass is 351 g/mol. The van der Waals surface area contributed by atoms with Crippen molar-refractivity contribution in [3.63, 3.8) is 0 Å². The third-order valence-corrected chi connectivity index (χ3v) is 6.36. The lowest BCUT2D eigenvalue weighted by Gasteiger charge is -2.37. The predicted molar refractivity (Wildman–Crippen MR) is 88.2 cm³/mol. The smallest absolute Gasteiger partial charge is 0.317 e. The van der Waals surface area contributed by atoms with Gasteiger partial charge in [0.05, 0.1) is 5.41 Å². The average Bonchev–Trinajstić information content (AvgIpc) is 2.95. The Hall–Kier alpha value is -1.90. The number of rotatable bonds is 4. The summed E-state index contributed by atoms with van der Waals surface area (Å²) in [5, 5.41) is 13.1. The molecule has 1 saturated heterocycles. The van der Waals surface area contributed by atoms with Gasteiger partial charge in [-0.15, -0.1) is 0 Å². The molecule has 2 heterocycles. The zero-order chi connectivity index (χ0) is 16.9. The number of carboxylic acids is 1. The van der Waals surface area contributed by atoms with Gasteiger partial charge < -0.3 is 20.2 Å². The molecule has 0 bridgehead atoms. The number of amides is 2. The van der Waals surface area contributed by atoms with Crippen LogP contribution < -0.4 is 10.2 Å². The largest absolute Gasteiger partial charge is 0.481 e. The molecule has 1 aromatic rings. The number of carboxylic acid groups (broad SMARTS) is 1. The number of urea groups is 1. The summed E-state index contributed by atoms with van der Waals surface area (Å²) in [6, 6.07) is -0.0426. The Morgan fingerprint density at radius 1 is 1.33 bits per heavy atom. The van der Waals surface area contributed by atoms with Gasteiger partial charge in [0, 0.05) is 50.2 Å². The van der Waals surface area contributed by atoms with Crippen LogP contribution in [0.2, 0.25) is 0 Å². The second-order valence-corrected chi connectivity index (χ2v) is 7.58. The van der Waals surface area contributed by atoms with Gasteiger partial charge in [0.15, 0.2) is 0 Å². The van der Waals surface area contributed by atoms with Gasteiger partial charge in [0.2, 0.25) is 5.13 Å². The van der Waals surface area contributed by atoms with E-state index >= 15 is 0 Å². The molecule has 0 spiro atoms. The number of aryl methyl sites for hydroxylation is 1. The molecule has 2 amide bonds. The molecule has 0 radical (unpaired) electrons. The minimum absolute atomic E-state index is 0.0295. The van der Waals surface area contributed by atoms with Crippen LogP contribution in [0.1, 0.15) is 25.6 Å². The maximum Gasteiger partial charge on any atom is 0.317 e. The van der Waals surface area contributed by atoms with Gasteiger partial charge >= 0.3 is 12.0 Å². The van der Waals surface area contributed by atoms with Gasteiger partial charge in [0.25, 0.3) is 0 Å². The van der Waals surface area contributed by atoms with E-state index in [2.05, 4.69) is 19.6 Å². The summed E-state index contributed by atoms with van der Waals surface area (Å²) in [6.07, 6.45) is 2.11. The maximum absolute atomic E-state index is 12.4. The summed E-state index contributed by atoms with van der Waals surface area (Å²) in [4.78, 5) is 32.0. The number of piperazine rings is 1. The number of hydrogen-bond acceptors (Lipinski definition) is 6. The Labute approximate surface area is 144 Å². The Kier molecular flexibility index (Phi) is 3.63. The Morgan fingerprint density at radius 3 is 2.62 bits per heavy atom. The van der Waals surface area contributed by atoms with Crippen molar-refractivity contribution in [1.29, 1.82) is 0 Å². The molecule has 4 rings (SSSR count). The van der Waals surface area contributed by atoms with Crippen molar-refractivity contribution in [1.82, 2.24) is 19.6 Å². The van der Waals surface area contributed by atoms with E-state index in [1.165, 1.54) is 11.5 Å². The van der Waals surface area contributed by atoms with Crippen LogP contribution in [0.4, 0.5) is 9.93 Å². The molecule has 2 N–H and O–H groups in total. The highest BCUT2D eigenvalue weighted by Gasteiger charge is 2.72. The first kappa shape index (κ1) is 15.6. The van der Waals surface area contributed by atoms with E-state index in [1.807, 2.05) is 6.92 Å². The van der Waals surface area contributed by atoms with Crippen LogP contribution in [0.5, 0.6) is 0 Å². The number of anilines is 1. The van der Waals surface area contributed by atoms with Crippen molar-refractivity contribution < 1.29 is 14.7 Å². The zero-order valence-corrected chi connectivity index (χ0v) is 14.4. The summed E-state index contributed by atoms with van der Waals surface area (Å²) in [5.41, 5.74) is -0.522. The molecule has 8 nitrogen and oxygen atoms in total. The molecule has 1 aromatic heterocycles. The number of aromatic nitrogens is 2. The SMILES string of the molecule is CCc1nsc(N2CCN(C(=O)N[C@@H]3C[C@]4(C(=O)O)C[C@H]34)CC2)n1. The third-order valence-electron chi connectivity index (χ3n) is 5.55. The summed E-state index contributed by atoms with van der Waals surface area (Å²) < 4.78 is 4.30. The van der Waals surface area contributed by atoms with E-state index < -0.39 is 11.4 Å². The van der Waals surface area contributed by atoms with Gasteiger partial charge in [-0.2, -0.15) is 4.37 Å². The third kappa shape index (κ3) is 2.42. The molecular weight excluding hydrogens is 330 g/mol. The Balaban J connectivity index is 1.26. The zero-order valence-electron chi connectivity index (χ0n) is 13.6. The van der Waals surface area contributed by atoms with Crippen LogP contribution in [0, 0.1) is 11.3 Å². The highest BCUT2D eigenvalue weighted by atomic mass is 32.1. The van der Waals surface area contributed by atoms with Gasteiger partial charge in [-0.3, -0.25) is 4.79 Å². The molecule has 130 valence electrons. The van der Waals surface area contributed by atoms with Crippen LogP contribution in [0.3, 0.4) is 0 Å². The fourth-order valence-corrected chi connectivity index (χ4v) is 4.62. The summed E-state index contributed by atoms with van der Waals surface area (Å²) in [7, 11) is 0. The summed E-state index contributed by atoms with van der Waals surface area (Å²) in [6.45, 7) is 4.83. The molecule has 3 atom stereocenters. The number of carbonyl (C=O) groups is 2. The number of nitrogens with zero attached hydrogens (tertiary/aromatic N) is 4. The highest BCUT2D eigenvalue weighted by Crippen LogP contribution is 2.67. The minimum Gasteiger partial charge on any atom is -0.481 e. The van der Waals surface area contributed by atoms with E-state index in [-0.39, 0.29) is 18.0 Å². The fraction of sp³-hybridized carbons (Fsp3) is 0.733. The highest BCUT2D eigenvalue weighted by molar-refractivity contribution is 7.09. The van der Waals surface area contributed by atoms with E-state index in [9.17, 15) is 9.59 Å². The van der Waals surface area contributed by atoms with Crippen molar-refractivity contribution >= 4 is 28.7 Å². The molecule has 9 heteroatoms. The van der Waals surface area contributed by atoms with Crippen LogP contribution in [-0.4, -0.2) is 63.6 Å². The number of hydrogen-bond donors (Lipinski definition) is 2. The van der Waals surface area contributed by atoms with E-state index in [0.29, 0.717) is 25.9 Å². The quantitative estimate of drug-likeness (QED) is 0.832. The van der Waals surface area contributed by atoms with Gasteiger partial charge in [-0.25, -0.2) is 9.78 Å². The van der Waals surface area contributed by atoms with E-state index in [1.54, 1.807) is 4.90 Å². The molecule has 24 heavy (non-hydrogen) atoms. The molecule has 1 aliphatic heterocycles. The number of nitrogens with one attached hydrogen (secondary N) is 1. The van der Waals surface area contributed by atoms with Gasteiger partial charge in [0.1, 0.15) is 5.82 Å². The van der Waals surface area contributed by atoms with Crippen LogP contribution >= 0.6 is 11.5 Å². The molecule has 2 aliphatic carbocycles. The normalized spacial score (nSPS) is 31.2. The number of aliphatic carboxylic acids is 1. The predicted octanol–water partition coefficient (Wildman–Crippen LogP) is 0.795. The van der Waals surface area contributed by atoms with Crippen LogP contribution in [-0.2, 0) is 11.2 Å². The van der Waals surface area contributed by atoms with Gasteiger partial charge in [-0.05, 0) is 18.8 Å². The topological polar surface area (TPSA) is 98.7 Å². The molecule has 0 unspecified atom stereocenters. The Morgan fingerprint density at radius 2 is 2.08 bits per heavy atom. The van der Waals surface area contributed by atoms with E-state index in [0.717, 1.165) is 30.5 Å². The number of carbonyl (C=O) groups excluding carboxylic acids is 1. The first-order valence-corrected chi connectivity index (χ1v) is 9.17. The summed E-state index contributed by atoms with van der Waals surface area (Å²) in [5.74, 6) is 0.288. The van der Waals surface area contributed by atoms with Crippen molar-refractivity contribution in [2.24, 2.45) is 11.3 Å². The first-order chi connectivity index (χ1) is 11.5. The molecular formula is C15H21N5O3S. The van der Waals surface area contributed by atoms with Crippen molar-refractivity contribution in [2.75, 3.05) is 31.1 Å². The van der Waals surface area contributed by atoms with Gasteiger partial charge in [-0.1, -0.05) is 6.92 Å². The minimum atomic E-state index is -0.713. The fourth-order valence-electron chi connectivity index (χ4n) is 3.82. The lowest BCUT2D eigenvalue weighted by molar-refractivity contribution is -0.147. The lowest BCUT2D eigenvalue weighted by Crippen LogP contribution is -2.56. The number of fused-ring (bicyclic) bond motifs is 1. The maximum atomic E-state index is 12.4. The lowest BCUT2D eigenvalue weighted by atomic mass is 9.80. The molecule has 2 saturated carbocycles. The van der Waals surface area contributed by atoms with Crippen molar-refractivity contribution in [2.45, 2.75) is 32.2 Å². The van der Waals surface area contributed by atoms with E-state index in [4.69, 9.17) is 5.11 Å². The average molecular weight is 351 g/mol.